The highest BCUT2D eigenvalue weighted by Crippen LogP contribution is 2.49. The number of hydrogen-bond donors (Lipinski definition) is 0. The molecule has 0 N–H and O–H groups in total. The van der Waals surface area contributed by atoms with Crippen LogP contribution in [-0.2, 0) is 9.47 Å². The van der Waals surface area contributed by atoms with Crippen molar-refractivity contribution in [2.45, 2.75) is 72.0 Å². The minimum atomic E-state index is 0.200. The summed E-state index contributed by atoms with van der Waals surface area (Å²) in [5, 5.41) is 0. The summed E-state index contributed by atoms with van der Waals surface area (Å²) in [5.74, 6) is 1.35. The molecule has 2 unspecified atom stereocenters. The van der Waals surface area contributed by atoms with Crippen molar-refractivity contribution in [2.24, 2.45) is 17.3 Å². The zero-order chi connectivity index (χ0) is 13.8. The van der Waals surface area contributed by atoms with Gasteiger partial charge in [0.25, 0.3) is 0 Å². The third-order valence-electron chi connectivity index (χ3n) is 4.93. The Kier molecular flexibility index (Phi) is 6.13. The van der Waals surface area contributed by atoms with E-state index in [1.807, 2.05) is 14.2 Å². The average Bonchev–Trinajstić information content (AvgIpc) is 2.34. The Morgan fingerprint density at radius 3 is 1.83 bits per heavy atom. The van der Waals surface area contributed by atoms with Gasteiger partial charge in [-0.2, -0.15) is 0 Å². The van der Waals surface area contributed by atoms with Crippen molar-refractivity contribution in [3.05, 3.63) is 0 Å². The summed E-state index contributed by atoms with van der Waals surface area (Å²) in [5.41, 5.74) is 0.200. The molecular formula is C16H32O2. The Balaban J connectivity index is 2.98. The molecule has 0 heterocycles. The maximum absolute atomic E-state index is 5.85. The second-order valence-electron chi connectivity index (χ2n) is 6.58. The lowest BCUT2D eigenvalue weighted by atomic mass is 9.60. The highest BCUT2D eigenvalue weighted by molar-refractivity contribution is 4.99. The molecule has 1 aliphatic rings. The van der Waals surface area contributed by atoms with Gasteiger partial charge < -0.3 is 9.47 Å². The first-order chi connectivity index (χ1) is 8.48. The molecule has 108 valence electrons. The Hall–Kier alpha value is -0.0800. The van der Waals surface area contributed by atoms with Crippen LogP contribution in [0.5, 0.6) is 0 Å². The van der Waals surface area contributed by atoms with Crippen molar-refractivity contribution in [3.63, 3.8) is 0 Å². The summed E-state index contributed by atoms with van der Waals surface area (Å²) < 4.78 is 11.7. The molecule has 1 fully saturated rings. The van der Waals surface area contributed by atoms with E-state index in [4.69, 9.17) is 9.47 Å². The Bertz CT molecular complexity index is 223. The molecule has 0 saturated heterocycles. The molecule has 1 aliphatic carbocycles. The molecule has 0 aromatic rings. The van der Waals surface area contributed by atoms with Gasteiger partial charge >= 0.3 is 0 Å². The quantitative estimate of drug-likeness (QED) is 0.706. The van der Waals surface area contributed by atoms with Crippen molar-refractivity contribution >= 4 is 0 Å². The van der Waals surface area contributed by atoms with Crippen LogP contribution in [0.1, 0.15) is 59.8 Å². The van der Waals surface area contributed by atoms with E-state index in [2.05, 4.69) is 27.7 Å². The summed E-state index contributed by atoms with van der Waals surface area (Å²) in [6.07, 6.45) is 6.80. The van der Waals surface area contributed by atoms with Crippen LogP contribution in [0.4, 0.5) is 0 Å². The SMILES string of the molecule is COC1CCCC(OC)C1(CCC(C)C)C(C)C. The molecule has 18 heavy (non-hydrogen) atoms. The van der Waals surface area contributed by atoms with Gasteiger partial charge in [0.1, 0.15) is 0 Å². The number of ether oxygens (including phenoxy) is 2. The zero-order valence-electron chi connectivity index (χ0n) is 13.2. The van der Waals surface area contributed by atoms with E-state index in [1.54, 1.807) is 0 Å². The van der Waals surface area contributed by atoms with Crippen molar-refractivity contribution in [3.8, 4) is 0 Å². The van der Waals surface area contributed by atoms with Crippen LogP contribution in [-0.4, -0.2) is 26.4 Å². The molecule has 0 aromatic carbocycles. The molecule has 0 aromatic heterocycles. The summed E-state index contributed by atoms with van der Waals surface area (Å²) in [7, 11) is 3.74. The van der Waals surface area contributed by atoms with E-state index in [0.29, 0.717) is 18.1 Å². The van der Waals surface area contributed by atoms with Gasteiger partial charge in [-0.3, -0.25) is 0 Å². The molecule has 2 nitrogen and oxygen atoms in total. The lowest BCUT2D eigenvalue weighted by molar-refractivity contribution is -0.158. The van der Waals surface area contributed by atoms with Crippen molar-refractivity contribution in [1.82, 2.24) is 0 Å². The summed E-state index contributed by atoms with van der Waals surface area (Å²) in [6.45, 7) is 9.29. The fourth-order valence-corrected chi connectivity index (χ4v) is 3.80. The van der Waals surface area contributed by atoms with Crippen LogP contribution in [0.2, 0.25) is 0 Å². The van der Waals surface area contributed by atoms with E-state index in [-0.39, 0.29) is 5.41 Å². The first kappa shape index (κ1) is 16.0. The van der Waals surface area contributed by atoms with Crippen LogP contribution in [0.25, 0.3) is 0 Å². The van der Waals surface area contributed by atoms with Gasteiger partial charge in [0.15, 0.2) is 0 Å². The molecular weight excluding hydrogens is 224 g/mol. The zero-order valence-corrected chi connectivity index (χ0v) is 13.2. The van der Waals surface area contributed by atoms with Crippen LogP contribution in [0, 0.1) is 17.3 Å². The van der Waals surface area contributed by atoms with Gasteiger partial charge in [0.2, 0.25) is 0 Å². The summed E-state index contributed by atoms with van der Waals surface area (Å²) >= 11 is 0. The maximum atomic E-state index is 5.85. The van der Waals surface area contributed by atoms with Gasteiger partial charge in [-0.05, 0) is 37.5 Å². The van der Waals surface area contributed by atoms with E-state index in [0.717, 1.165) is 5.92 Å². The molecule has 2 heteroatoms. The van der Waals surface area contributed by atoms with Crippen LogP contribution in [0.3, 0.4) is 0 Å². The number of hydrogen-bond acceptors (Lipinski definition) is 2. The molecule has 0 spiro atoms. The fraction of sp³-hybridized carbons (Fsp3) is 1.00. The molecule has 0 radical (unpaired) electrons. The minimum absolute atomic E-state index is 0.200. The molecule has 1 saturated carbocycles. The average molecular weight is 256 g/mol. The Labute approximate surface area is 113 Å². The Morgan fingerprint density at radius 2 is 1.50 bits per heavy atom. The molecule has 2 atom stereocenters. The third kappa shape index (κ3) is 3.08. The smallest absolute Gasteiger partial charge is 0.0654 e. The van der Waals surface area contributed by atoms with E-state index < -0.39 is 0 Å². The lowest BCUT2D eigenvalue weighted by Gasteiger charge is -2.51. The van der Waals surface area contributed by atoms with Gasteiger partial charge in [-0.15, -0.1) is 0 Å². The lowest BCUT2D eigenvalue weighted by Crippen LogP contribution is -2.53. The first-order valence-electron chi connectivity index (χ1n) is 7.54. The topological polar surface area (TPSA) is 18.5 Å². The fourth-order valence-electron chi connectivity index (χ4n) is 3.80. The van der Waals surface area contributed by atoms with E-state index >= 15 is 0 Å². The number of methoxy groups -OCH3 is 2. The monoisotopic (exact) mass is 256 g/mol. The third-order valence-corrected chi connectivity index (χ3v) is 4.93. The first-order valence-corrected chi connectivity index (χ1v) is 7.54. The van der Waals surface area contributed by atoms with Gasteiger partial charge in [-0.25, -0.2) is 0 Å². The second kappa shape index (κ2) is 6.91. The van der Waals surface area contributed by atoms with E-state index in [9.17, 15) is 0 Å². The summed E-state index contributed by atoms with van der Waals surface area (Å²) in [4.78, 5) is 0. The van der Waals surface area contributed by atoms with Crippen molar-refractivity contribution in [1.29, 1.82) is 0 Å². The molecule has 0 aliphatic heterocycles. The maximum Gasteiger partial charge on any atom is 0.0654 e. The van der Waals surface area contributed by atoms with E-state index in [1.165, 1.54) is 32.1 Å². The normalized spacial score (nSPS) is 33.3. The predicted molar refractivity (Wildman–Crippen MR) is 76.8 cm³/mol. The van der Waals surface area contributed by atoms with Crippen LogP contribution < -0.4 is 0 Å². The van der Waals surface area contributed by atoms with Gasteiger partial charge in [0, 0.05) is 19.6 Å². The van der Waals surface area contributed by atoms with Crippen LogP contribution >= 0.6 is 0 Å². The van der Waals surface area contributed by atoms with Crippen molar-refractivity contribution < 1.29 is 9.47 Å². The van der Waals surface area contributed by atoms with Crippen molar-refractivity contribution in [2.75, 3.05) is 14.2 Å². The predicted octanol–water partition coefficient (Wildman–Crippen LogP) is 4.28. The molecule has 0 bridgehead atoms. The molecule has 1 rings (SSSR count). The number of rotatable bonds is 6. The highest BCUT2D eigenvalue weighted by Gasteiger charge is 2.50. The minimum Gasteiger partial charge on any atom is -0.381 e. The largest absolute Gasteiger partial charge is 0.381 e. The van der Waals surface area contributed by atoms with Gasteiger partial charge in [0.05, 0.1) is 12.2 Å². The molecule has 0 amide bonds. The Morgan fingerprint density at radius 1 is 1.00 bits per heavy atom. The standard InChI is InChI=1S/C16H32O2/c1-12(2)10-11-16(13(3)4)14(17-5)8-7-9-15(16)18-6/h12-15H,7-11H2,1-6H3. The van der Waals surface area contributed by atoms with Gasteiger partial charge in [-0.1, -0.05) is 34.1 Å². The van der Waals surface area contributed by atoms with Crippen LogP contribution in [0.15, 0.2) is 0 Å². The highest BCUT2D eigenvalue weighted by atomic mass is 16.5. The second-order valence-corrected chi connectivity index (χ2v) is 6.58. The summed E-state index contributed by atoms with van der Waals surface area (Å²) in [6, 6.07) is 0.